The first-order valence-electron chi connectivity index (χ1n) is 9.05. The van der Waals surface area contributed by atoms with Crippen LogP contribution >= 0.6 is 0 Å². The molecule has 3 aromatic carbocycles. The van der Waals surface area contributed by atoms with E-state index in [-0.39, 0.29) is 11.4 Å². The van der Waals surface area contributed by atoms with Crippen LogP contribution in [-0.2, 0) is 23.3 Å². The van der Waals surface area contributed by atoms with Crippen molar-refractivity contribution in [3.8, 4) is 0 Å². The third kappa shape index (κ3) is 2.31. The van der Waals surface area contributed by atoms with Gasteiger partial charge in [-0.15, -0.1) is 0 Å². The molecule has 3 nitrogen and oxygen atoms in total. The van der Waals surface area contributed by atoms with Gasteiger partial charge in [0.15, 0.2) is 0 Å². The third-order valence-corrected chi connectivity index (χ3v) is 5.53. The van der Waals surface area contributed by atoms with Crippen LogP contribution in [0.1, 0.15) is 23.1 Å². The Morgan fingerprint density at radius 3 is 2.42 bits per heavy atom. The second-order valence-corrected chi connectivity index (χ2v) is 7.20. The van der Waals surface area contributed by atoms with E-state index in [0.29, 0.717) is 13.0 Å². The lowest BCUT2D eigenvalue weighted by atomic mass is 9.79. The van der Waals surface area contributed by atoms with Crippen molar-refractivity contribution in [1.82, 2.24) is 0 Å². The second kappa shape index (κ2) is 5.73. The summed E-state index contributed by atoms with van der Waals surface area (Å²) in [4.78, 5) is 15.1. The molecule has 26 heavy (non-hydrogen) atoms. The lowest BCUT2D eigenvalue weighted by molar-refractivity contribution is -0.120. The van der Waals surface area contributed by atoms with Gasteiger partial charge in [-0.05, 0) is 23.3 Å². The van der Waals surface area contributed by atoms with Gasteiger partial charge >= 0.3 is 0 Å². The van der Waals surface area contributed by atoms with Gasteiger partial charge in [-0.3, -0.25) is 4.79 Å². The van der Waals surface area contributed by atoms with Crippen LogP contribution < -0.4 is 10.2 Å². The minimum absolute atomic E-state index is 0.174. The summed E-state index contributed by atoms with van der Waals surface area (Å²) in [6, 6.07) is 26.9. The van der Waals surface area contributed by atoms with Gasteiger partial charge in [-0.1, -0.05) is 66.7 Å². The summed E-state index contributed by atoms with van der Waals surface area (Å²) in [7, 11) is 0. The van der Waals surface area contributed by atoms with Crippen molar-refractivity contribution < 1.29 is 4.79 Å². The van der Waals surface area contributed by atoms with Gasteiger partial charge in [0.2, 0.25) is 5.91 Å². The summed E-state index contributed by atoms with van der Waals surface area (Å²) in [6.07, 6.45) is 1.33. The van der Waals surface area contributed by atoms with Gasteiger partial charge in [0.25, 0.3) is 0 Å². The second-order valence-electron chi connectivity index (χ2n) is 7.20. The minimum atomic E-state index is -0.329. The van der Waals surface area contributed by atoms with Crippen LogP contribution in [0.15, 0.2) is 78.9 Å². The molecule has 5 rings (SSSR count). The molecule has 0 aliphatic carbocycles. The maximum atomic E-state index is 13.2. The molecule has 1 atom stereocenters. The SMILES string of the molecule is O=C1CC2(Cc3ccccc3N2)c2ccccc2N1Cc1ccccc1. The van der Waals surface area contributed by atoms with E-state index in [1.54, 1.807) is 0 Å². The molecule has 0 saturated carbocycles. The van der Waals surface area contributed by atoms with Crippen LogP contribution in [0.4, 0.5) is 11.4 Å². The quantitative estimate of drug-likeness (QED) is 0.745. The predicted octanol–water partition coefficient (Wildman–Crippen LogP) is 4.49. The van der Waals surface area contributed by atoms with Crippen molar-refractivity contribution in [2.75, 3.05) is 10.2 Å². The van der Waals surface area contributed by atoms with Crippen LogP contribution in [0.5, 0.6) is 0 Å². The molecular weight excluding hydrogens is 320 g/mol. The number of para-hydroxylation sites is 2. The fraction of sp³-hybridized carbons (Fsp3) is 0.174. The summed E-state index contributed by atoms with van der Waals surface area (Å²) >= 11 is 0. The number of nitrogens with zero attached hydrogens (tertiary/aromatic N) is 1. The molecule has 3 aromatic rings. The maximum Gasteiger partial charge on any atom is 0.230 e. The maximum absolute atomic E-state index is 13.2. The van der Waals surface area contributed by atoms with Gasteiger partial charge in [0.1, 0.15) is 0 Å². The van der Waals surface area contributed by atoms with Crippen LogP contribution in [0.3, 0.4) is 0 Å². The molecule has 128 valence electrons. The smallest absolute Gasteiger partial charge is 0.230 e. The molecule has 1 spiro atoms. The number of hydrogen-bond donors (Lipinski definition) is 1. The molecule has 1 unspecified atom stereocenters. The number of benzene rings is 3. The number of carbonyl (C=O) groups is 1. The topological polar surface area (TPSA) is 32.3 Å². The average Bonchev–Trinajstić information content (AvgIpc) is 3.05. The molecule has 1 amide bonds. The Bertz CT molecular complexity index is 955. The molecule has 0 radical (unpaired) electrons. The van der Waals surface area contributed by atoms with E-state index in [9.17, 15) is 4.79 Å². The summed E-state index contributed by atoms with van der Waals surface area (Å²) < 4.78 is 0. The van der Waals surface area contributed by atoms with Crippen LogP contribution in [0.2, 0.25) is 0 Å². The molecule has 1 N–H and O–H groups in total. The lowest BCUT2D eigenvalue weighted by Gasteiger charge is -2.41. The Kier molecular flexibility index (Phi) is 3.35. The highest BCUT2D eigenvalue weighted by Gasteiger charge is 2.46. The standard InChI is InChI=1S/C23H20N2O/c26-22-15-23(14-18-10-4-6-12-20(18)24-23)19-11-5-7-13-21(19)25(22)16-17-8-2-1-3-9-17/h1-13,24H,14-16H2. The predicted molar refractivity (Wildman–Crippen MR) is 104 cm³/mol. The number of nitrogens with one attached hydrogen (secondary N) is 1. The summed E-state index contributed by atoms with van der Waals surface area (Å²) in [5.74, 6) is 0.174. The largest absolute Gasteiger partial charge is 0.374 e. The monoisotopic (exact) mass is 340 g/mol. The Balaban J connectivity index is 1.57. The van der Waals surface area contributed by atoms with Crippen molar-refractivity contribution in [1.29, 1.82) is 0 Å². The van der Waals surface area contributed by atoms with E-state index in [2.05, 4.69) is 53.8 Å². The van der Waals surface area contributed by atoms with Crippen molar-refractivity contribution in [3.05, 3.63) is 95.6 Å². The number of hydrogen-bond acceptors (Lipinski definition) is 2. The number of amides is 1. The molecule has 0 fully saturated rings. The first-order valence-corrected chi connectivity index (χ1v) is 9.05. The van der Waals surface area contributed by atoms with Crippen LogP contribution in [0, 0.1) is 0 Å². The number of fused-ring (bicyclic) bond motifs is 3. The first kappa shape index (κ1) is 15.2. The van der Waals surface area contributed by atoms with Crippen LogP contribution in [-0.4, -0.2) is 5.91 Å². The van der Waals surface area contributed by atoms with Crippen LogP contribution in [0.25, 0.3) is 0 Å². The van der Waals surface area contributed by atoms with E-state index in [1.807, 2.05) is 35.2 Å². The zero-order valence-corrected chi connectivity index (χ0v) is 14.5. The summed E-state index contributed by atoms with van der Waals surface area (Å²) in [5.41, 5.74) is 5.48. The Labute approximate surface area is 153 Å². The molecule has 3 heteroatoms. The van der Waals surface area contributed by atoms with Crippen molar-refractivity contribution in [2.45, 2.75) is 24.9 Å². The number of carbonyl (C=O) groups excluding carboxylic acids is 1. The molecule has 2 heterocycles. The van der Waals surface area contributed by atoms with Crippen molar-refractivity contribution in [2.24, 2.45) is 0 Å². The Hall–Kier alpha value is -3.07. The highest BCUT2D eigenvalue weighted by molar-refractivity contribution is 5.98. The molecule has 2 aliphatic rings. The van der Waals surface area contributed by atoms with E-state index in [1.165, 1.54) is 11.1 Å². The number of rotatable bonds is 2. The fourth-order valence-electron chi connectivity index (χ4n) is 4.33. The normalized spacial score (nSPS) is 20.6. The van der Waals surface area contributed by atoms with E-state index >= 15 is 0 Å². The molecular formula is C23H20N2O. The Morgan fingerprint density at radius 1 is 0.846 bits per heavy atom. The molecule has 0 saturated heterocycles. The minimum Gasteiger partial charge on any atom is -0.374 e. The molecule has 0 bridgehead atoms. The lowest BCUT2D eigenvalue weighted by Crippen LogP contribution is -2.47. The van der Waals surface area contributed by atoms with E-state index in [0.717, 1.165) is 23.4 Å². The average molecular weight is 340 g/mol. The highest BCUT2D eigenvalue weighted by atomic mass is 16.2. The van der Waals surface area contributed by atoms with E-state index < -0.39 is 0 Å². The number of anilines is 2. The molecule has 0 aromatic heterocycles. The van der Waals surface area contributed by atoms with Gasteiger partial charge in [-0.2, -0.15) is 0 Å². The third-order valence-electron chi connectivity index (χ3n) is 5.53. The van der Waals surface area contributed by atoms with Crippen molar-refractivity contribution in [3.63, 3.8) is 0 Å². The highest BCUT2D eigenvalue weighted by Crippen LogP contribution is 2.48. The fourth-order valence-corrected chi connectivity index (χ4v) is 4.33. The first-order chi connectivity index (χ1) is 12.8. The Morgan fingerprint density at radius 2 is 1.58 bits per heavy atom. The van der Waals surface area contributed by atoms with Gasteiger partial charge < -0.3 is 10.2 Å². The zero-order valence-electron chi connectivity index (χ0n) is 14.5. The molecule has 2 aliphatic heterocycles. The van der Waals surface area contributed by atoms with Gasteiger partial charge in [0, 0.05) is 23.4 Å². The van der Waals surface area contributed by atoms with Crippen molar-refractivity contribution >= 4 is 17.3 Å². The van der Waals surface area contributed by atoms with Gasteiger partial charge in [0.05, 0.1) is 18.5 Å². The van der Waals surface area contributed by atoms with E-state index in [4.69, 9.17) is 0 Å². The summed E-state index contributed by atoms with van der Waals surface area (Å²) in [6.45, 7) is 0.611. The van der Waals surface area contributed by atoms with Gasteiger partial charge in [-0.25, -0.2) is 0 Å². The zero-order chi connectivity index (χ0) is 17.6. The summed E-state index contributed by atoms with van der Waals surface area (Å²) in [5, 5.41) is 3.67.